The van der Waals surface area contributed by atoms with E-state index < -0.39 is 22.8 Å². The number of amides is 1. The highest BCUT2D eigenvalue weighted by Gasteiger charge is 2.31. The fourth-order valence-corrected chi connectivity index (χ4v) is 3.38. The average Bonchev–Trinajstić information content (AvgIpc) is 2.68. The Balaban J connectivity index is 2.73. The number of alkyl carbamates (subject to hydrolysis) is 1. The van der Waals surface area contributed by atoms with Crippen molar-refractivity contribution in [2.75, 3.05) is 52.5 Å². The van der Waals surface area contributed by atoms with Gasteiger partial charge in [-0.3, -0.25) is 9.89 Å². The van der Waals surface area contributed by atoms with Gasteiger partial charge in [-0.15, -0.1) is 0 Å². The normalized spacial score (nSPS) is 18.3. The molecule has 9 heteroatoms. The van der Waals surface area contributed by atoms with Crippen LogP contribution in [-0.4, -0.2) is 91.3 Å². The average molecular weight is 444 g/mol. The van der Waals surface area contributed by atoms with Crippen molar-refractivity contribution in [3.05, 3.63) is 0 Å². The van der Waals surface area contributed by atoms with E-state index in [-0.39, 0.29) is 6.54 Å². The van der Waals surface area contributed by atoms with E-state index in [9.17, 15) is 9.90 Å². The molecule has 31 heavy (non-hydrogen) atoms. The van der Waals surface area contributed by atoms with Crippen LogP contribution in [0.4, 0.5) is 4.79 Å². The number of carbonyl (C=O) groups is 1. The number of guanidine groups is 1. The summed E-state index contributed by atoms with van der Waals surface area (Å²) in [5.74, 6) is 0.613. The number of hydrogen-bond acceptors (Lipinski definition) is 6. The van der Waals surface area contributed by atoms with Crippen LogP contribution in [0.15, 0.2) is 4.99 Å². The zero-order valence-corrected chi connectivity index (χ0v) is 20.6. The molecule has 1 atom stereocenters. The van der Waals surface area contributed by atoms with Crippen LogP contribution in [0.5, 0.6) is 0 Å². The zero-order chi connectivity index (χ0) is 23.5. The summed E-state index contributed by atoms with van der Waals surface area (Å²) in [5, 5.41) is 20.4. The van der Waals surface area contributed by atoms with Crippen molar-refractivity contribution >= 4 is 12.1 Å². The van der Waals surface area contributed by atoms with E-state index in [2.05, 4.69) is 25.8 Å². The minimum atomic E-state index is -0.943. The Bertz CT molecular complexity index is 565. The summed E-state index contributed by atoms with van der Waals surface area (Å²) in [5.41, 5.74) is -1.96. The van der Waals surface area contributed by atoms with Gasteiger partial charge in [0, 0.05) is 32.7 Å². The highest BCUT2D eigenvalue weighted by molar-refractivity contribution is 5.80. The summed E-state index contributed by atoms with van der Waals surface area (Å²) in [6, 6.07) is 0. The third kappa shape index (κ3) is 11.0. The standard InChI is InChI=1S/C22H45N5O4/c1-8-22(9-2,26-19(28)31-20(4,5)6)16-25-18(23-10-3)24-15-21(7,29)17-27-11-13-30-14-12-27/h29H,8-17H2,1-7H3,(H,26,28)(H2,23,24,25). The van der Waals surface area contributed by atoms with E-state index in [4.69, 9.17) is 9.47 Å². The van der Waals surface area contributed by atoms with Gasteiger partial charge in [0.15, 0.2) is 5.96 Å². The number of morpholine rings is 1. The van der Waals surface area contributed by atoms with Crippen LogP contribution in [0.1, 0.15) is 61.3 Å². The van der Waals surface area contributed by atoms with Gasteiger partial charge in [-0.1, -0.05) is 13.8 Å². The van der Waals surface area contributed by atoms with E-state index in [0.29, 0.717) is 38.8 Å². The molecule has 0 aliphatic carbocycles. The fourth-order valence-electron chi connectivity index (χ4n) is 3.38. The van der Waals surface area contributed by atoms with Crippen molar-refractivity contribution in [3.63, 3.8) is 0 Å². The monoisotopic (exact) mass is 443 g/mol. The molecular formula is C22H45N5O4. The lowest BCUT2D eigenvalue weighted by Gasteiger charge is -2.35. The lowest BCUT2D eigenvalue weighted by molar-refractivity contribution is -0.0180. The maximum absolute atomic E-state index is 12.4. The van der Waals surface area contributed by atoms with Crippen LogP contribution in [0.2, 0.25) is 0 Å². The maximum atomic E-state index is 12.4. The number of nitrogens with zero attached hydrogens (tertiary/aromatic N) is 2. The number of aliphatic hydroxyl groups is 1. The lowest BCUT2D eigenvalue weighted by atomic mass is 9.93. The molecular weight excluding hydrogens is 398 g/mol. The van der Waals surface area contributed by atoms with Gasteiger partial charge in [0.25, 0.3) is 0 Å². The molecule has 4 N–H and O–H groups in total. The first-order chi connectivity index (χ1) is 14.4. The van der Waals surface area contributed by atoms with Gasteiger partial charge < -0.3 is 30.5 Å². The van der Waals surface area contributed by atoms with Crippen molar-refractivity contribution in [1.29, 1.82) is 0 Å². The van der Waals surface area contributed by atoms with Gasteiger partial charge in [0.1, 0.15) is 5.60 Å². The van der Waals surface area contributed by atoms with Crippen molar-refractivity contribution in [3.8, 4) is 0 Å². The number of nitrogens with one attached hydrogen (secondary N) is 3. The second-order valence-electron chi connectivity index (χ2n) is 9.55. The molecule has 0 aromatic carbocycles. The first kappa shape index (κ1) is 27.5. The number of rotatable bonds is 10. The maximum Gasteiger partial charge on any atom is 0.408 e. The Hall–Kier alpha value is -1.58. The first-order valence-electron chi connectivity index (χ1n) is 11.5. The van der Waals surface area contributed by atoms with E-state index in [0.717, 1.165) is 25.9 Å². The largest absolute Gasteiger partial charge is 0.444 e. The predicted octanol–water partition coefficient (Wildman–Crippen LogP) is 1.71. The van der Waals surface area contributed by atoms with Crippen LogP contribution in [0, 0.1) is 0 Å². The molecule has 0 bridgehead atoms. The molecule has 0 radical (unpaired) electrons. The van der Waals surface area contributed by atoms with Crippen LogP contribution in [0.3, 0.4) is 0 Å². The van der Waals surface area contributed by atoms with Gasteiger partial charge in [-0.25, -0.2) is 4.79 Å². The van der Waals surface area contributed by atoms with E-state index >= 15 is 0 Å². The Morgan fingerprint density at radius 1 is 1.10 bits per heavy atom. The molecule has 0 spiro atoms. The molecule has 1 unspecified atom stereocenters. The smallest absolute Gasteiger partial charge is 0.408 e. The van der Waals surface area contributed by atoms with Gasteiger partial charge in [0.05, 0.1) is 30.9 Å². The zero-order valence-electron chi connectivity index (χ0n) is 20.6. The first-order valence-corrected chi connectivity index (χ1v) is 11.5. The van der Waals surface area contributed by atoms with Crippen LogP contribution >= 0.6 is 0 Å². The summed E-state index contributed by atoms with van der Waals surface area (Å²) >= 11 is 0. The molecule has 0 saturated carbocycles. The van der Waals surface area contributed by atoms with Gasteiger partial charge >= 0.3 is 6.09 Å². The minimum absolute atomic E-state index is 0.268. The number of hydrogen-bond donors (Lipinski definition) is 4. The number of aliphatic imine (C=N–C) groups is 1. The van der Waals surface area contributed by atoms with Gasteiger partial charge in [-0.2, -0.15) is 0 Å². The second kappa shape index (κ2) is 12.5. The third-order valence-electron chi connectivity index (χ3n) is 5.30. The molecule has 0 aromatic rings. The number of β-amino-alcohol motifs (C(OH)–C–C–N with tert-alkyl or cyclic N) is 1. The fraction of sp³-hybridized carbons (Fsp3) is 0.909. The van der Waals surface area contributed by atoms with E-state index in [1.807, 2.05) is 48.5 Å². The predicted molar refractivity (Wildman–Crippen MR) is 125 cm³/mol. The highest BCUT2D eigenvalue weighted by Crippen LogP contribution is 2.16. The second-order valence-corrected chi connectivity index (χ2v) is 9.55. The summed E-state index contributed by atoms with van der Waals surface area (Å²) in [6.07, 6.45) is 1.06. The minimum Gasteiger partial charge on any atom is -0.444 e. The van der Waals surface area contributed by atoms with Crippen molar-refractivity contribution in [2.24, 2.45) is 4.99 Å². The van der Waals surface area contributed by atoms with Gasteiger partial charge in [-0.05, 0) is 47.5 Å². The number of ether oxygens (including phenoxy) is 2. The van der Waals surface area contributed by atoms with Crippen LogP contribution in [0.25, 0.3) is 0 Å². The molecule has 1 heterocycles. The van der Waals surface area contributed by atoms with E-state index in [1.54, 1.807) is 0 Å². The summed E-state index contributed by atoms with van der Waals surface area (Å²) < 4.78 is 10.8. The molecule has 182 valence electrons. The molecule has 1 fully saturated rings. The summed E-state index contributed by atoms with van der Waals surface area (Å²) in [6.45, 7) is 18.5. The number of carbonyl (C=O) groups excluding carboxylic acids is 1. The summed E-state index contributed by atoms with van der Waals surface area (Å²) in [4.78, 5) is 19.2. The van der Waals surface area contributed by atoms with Gasteiger partial charge in [0.2, 0.25) is 0 Å². The Morgan fingerprint density at radius 2 is 1.71 bits per heavy atom. The Labute approximate surface area is 188 Å². The van der Waals surface area contributed by atoms with E-state index in [1.165, 1.54) is 0 Å². The quantitative estimate of drug-likeness (QED) is 0.301. The molecule has 1 rings (SSSR count). The Morgan fingerprint density at radius 3 is 2.23 bits per heavy atom. The van der Waals surface area contributed by atoms with Crippen molar-refractivity contribution < 1.29 is 19.4 Å². The third-order valence-corrected chi connectivity index (χ3v) is 5.30. The highest BCUT2D eigenvalue weighted by atomic mass is 16.6. The summed E-state index contributed by atoms with van der Waals surface area (Å²) in [7, 11) is 0. The lowest BCUT2D eigenvalue weighted by Crippen LogP contribution is -2.57. The van der Waals surface area contributed by atoms with Crippen LogP contribution in [-0.2, 0) is 9.47 Å². The molecule has 1 saturated heterocycles. The SMILES string of the molecule is CCNC(=NCC(C)(O)CN1CCOCC1)NCC(CC)(CC)NC(=O)OC(C)(C)C. The van der Waals surface area contributed by atoms with Crippen molar-refractivity contribution in [2.45, 2.75) is 78.0 Å². The van der Waals surface area contributed by atoms with Crippen molar-refractivity contribution in [1.82, 2.24) is 20.9 Å². The molecule has 1 amide bonds. The Kier molecular flexibility index (Phi) is 11.0. The van der Waals surface area contributed by atoms with Crippen LogP contribution < -0.4 is 16.0 Å². The molecule has 9 nitrogen and oxygen atoms in total. The molecule has 0 aromatic heterocycles. The molecule has 1 aliphatic heterocycles. The molecule has 1 aliphatic rings. The topological polar surface area (TPSA) is 107 Å².